The van der Waals surface area contributed by atoms with Crippen molar-refractivity contribution in [2.24, 2.45) is 0 Å². The fourth-order valence-electron chi connectivity index (χ4n) is 3.67. The average Bonchev–Trinajstić information content (AvgIpc) is 2.82. The highest BCUT2D eigenvalue weighted by Crippen LogP contribution is 2.51. The maximum absolute atomic E-state index is 12.7. The molecule has 9 nitrogen and oxygen atoms in total. The minimum absolute atomic E-state index is 0.117. The Balaban J connectivity index is 1.94. The number of ether oxygens (including phenoxy) is 4. The second kappa shape index (κ2) is 8.70. The molecule has 0 fully saturated rings. The van der Waals surface area contributed by atoms with Gasteiger partial charge < -0.3 is 24.1 Å². The van der Waals surface area contributed by atoms with Crippen LogP contribution < -0.4 is 14.2 Å². The van der Waals surface area contributed by atoms with Gasteiger partial charge >= 0.3 is 23.9 Å². The molecular weight excluding hydrogens is 444 g/mol. The number of carboxylic acid groups (broad SMARTS) is 1. The highest BCUT2D eigenvalue weighted by molar-refractivity contribution is 5.93. The van der Waals surface area contributed by atoms with Gasteiger partial charge in [0.05, 0.1) is 5.57 Å². The normalized spacial score (nSPS) is 15.4. The fraction of sp³-hybridized carbons (Fsp3) is 0.120. The topological polar surface area (TPSA) is 125 Å². The Bertz CT molecular complexity index is 1250. The van der Waals surface area contributed by atoms with Crippen LogP contribution in [0.5, 0.6) is 23.0 Å². The van der Waals surface area contributed by atoms with Crippen LogP contribution in [0.3, 0.4) is 0 Å². The van der Waals surface area contributed by atoms with Crippen LogP contribution in [0.15, 0.2) is 72.4 Å². The molecule has 172 valence electrons. The largest absolute Gasteiger partial charge is 0.478 e. The van der Waals surface area contributed by atoms with Gasteiger partial charge in [0.25, 0.3) is 0 Å². The molecule has 0 radical (unpaired) electrons. The molecule has 0 saturated heterocycles. The molecule has 4 rings (SSSR count). The van der Waals surface area contributed by atoms with Crippen LogP contribution >= 0.6 is 0 Å². The number of esters is 3. The van der Waals surface area contributed by atoms with Crippen molar-refractivity contribution in [2.45, 2.75) is 19.4 Å². The summed E-state index contributed by atoms with van der Waals surface area (Å²) in [6.07, 6.45) is 6.48. The van der Waals surface area contributed by atoms with Crippen LogP contribution in [0.4, 0.5) is 0 Å². The van der Waals surface area contributed by atoms with Crippen molar-refractivity contribution in [1.29, 1.82) is 0 Å². The van der Waals surface area contributed by atoms with Crippen LogP contribution in [0.25, 0.3) is 0 Å². The number of benzene rings is 2. The number of carboxylic acids is 1. The predicted octanol–water partition coefficient (Wildman–Crippen LogP) is 3.57. The van der Waals surface area contributed by atoms with Crippen molar-refractivity contribution in [3.63, 3.8) is 0 Å². The molecule has 9 heteroatoms. The Labute approximate surface area is 193 Å². The molecule has 2 heterocycles. The van der Waals surface area contributed by atoms with E-state index in [4.69, 9.17) is 18.9 Å². The lowest BCUT2D eigenvalue weighted by molar-refractivity contribution is -0.147. The highest BCUT2D eigenvalue weighted by atomic mass is 16.6. The van der Waals surface area contributed by atoms with E-state index in [1.807, 2.05) is 0 Å². The molecule has 1 N–H and O–H groups in total. The molecule has 2 aromatic rings. The lowest BCUT2D eigenvalue weighted by Crippen LogP contribution is -2.34. The van der Waals surface area contributed by atoms with E-state index in [0.717, 1.165) is 12.2 Å². The molecule has 0 amide bonds. The molecular formula is C25H18O9. The molecule has 2 aliphatic heterocycles. The van der Waals surface area contributed by atoms with E-state index in [9.17, 15) is 24.3 Å². The zero-order valence-electron chi connectivity index (χ0n) is 18.1. The maximum Gasteiger partial charge on any atom is 0.335 e. The summed E-state index contributed by atoms with van der Waals surface area (Å²) in [6, 6.07) is 9.12. The van der Waals surface area contributed by atoms with Gasteiger partial charge in [0, 0.05) is 43.2 Å². The number of allylic oxidation sites excluding steroid dienone is 2. The van der Waals surface area contributed by atoms with Crippen molar-refractivity contribution < 1.29 is 43.2 Å². The van der Waals surface area contributed by atoms with Gasteiger partial charge in [-0.2, -0.15) is 0 Å². The third-order valence-electron chi connectivity index (χ3n) is 4.96. The molecule has 0 atom stereocenters. The minimum Gasteiger partial charge on any atom is -0.478 e. The van der Waals surface area contributed by atoms with E-state index >= 15 is 0 Å². The number of carbonyl (C=O) groups is 4. The fourth-order valence-corrected chi connectivity index (χ4v) is 3.67. The minimum atomic E-state index is -1.53. The Hall–Kier alpha value is -4.66. The lowest BCUT2D eigenvalue weighted by atomic mass is 9.82. The quantitative estimate of drug-likeness (QED) is 0.538. The number of carbonyl (C=O) groups excluding carboxylic acids is 3. The van der Waals surface area contributed by atoms with Crippen LogP contribution in [-0.2, 0) is 29.5 Å². The molecule has 0 aromatic heterocycles. The van der Waals surface area contributed by atoms with Gasteiger partial charge in [-0.15, -0.1) is 0 Å². The monoisotopic (exact) mass is 462 g/mol. The lowest BCUT2D eigenvalue weighted by Gasteiger charge is -2.37. The number of aliphatic carboxylic acids is 1. The Morgan fingerprint density at radius 2 is 1.44 bits per heavy atom. The number of hydrogen-bond donors (Lipinski definition) is 1. The second-order valence-corrected chi connectivity index (χ2v) is 7.38. The van der Waals surface area contributed by atoms with Crippen molar-refractivity contribution in [2.75, 3.05) is 0 Å². The Morgan fingerprint density at radius 3 is 1.94 bits per heavy atom. The Kier molecular flexibility index (Phi) is 5.77. The van der Waals surface area contributed by atoms with Gasteiger partial charge in [0.2, 0.25) is 0 Å². The van der Waals surface area contributed by atoms with E-state index < -0.39 is 29.5 Å². The number of fused-ring (bicyclic) bond motifs is 4. The third kappa shape index (κ3) is 4.31. The van der Waals surface area contributed by atoms with E-state index in [2.05, 4.69) is 0 Å². The van der Waals surface area contributed by atoms with Gasteiger partial charge in [0.1, 0.15) is 23.0 Å². The number of rotatable bonds is 3. The van der Waals surface area contributed by atoms with Gasteiger partial charge in [-0.3, -0.25) is 9.59 Å². The van der Waals surface area contributed by atoms with Crippen LogP contribution in [0, 0.1) is 0 Å². The summed E-state index contributed by atoms with van der Waals surface area (Å²) in [5.41, 5.74) is -0.839. The molecule has 0 bridgehead atoms. The Morgan fingerprint density at radius 1 is 0.882 bits per heavy atom. The van der Waals surface area contributed by atoms with E-state index in [1.54, 1.807) is 12.1 Å². The molecule has 0 aliphatic carbocycles. The van der Waals surface area contributed by atoms with Crippen molar-refractivity contribution >= 4 is 23.9 Å². The van der Waals surface area contributed by atoms with Crippen LogP contribution in [0.2, 0.25) is 0 Å². The van der Waals surface area contributed by atoms with Gasteiger partial charge in [-0.1, -0.05) is 6.08 Å². The summed E-state index contributed by atoms with van der Waals surface area (Å²) < 4.78 is 22.2. The van der Waals surface area contributed by atoms with E-state index in [0.29, 0.717) is 11.1 Å². The van der Waals surface area contributed by atoms with E-state index in [-0.39, 0.29) is 28.6 Å². The smallest absolute Gasteiger partial charge is 0.335 e. The van der Waals surface area contributed by atoms with E-state index in [1.165, 1.54) is 56.3 Å². The SMILES string of the molecule is CC(=O)Oc1ccc2c(c1)Oc1cc(OC(C)=O)ccc1C21C=CC=C(C(=O)O)C=CC(=O)O1. The van der Waals surface area contributed by atoms with Crippen LogP contribution in [0.1, 0.15) is 25.0 Å². The average molecular weight is 462 g/mol. The summed E-state index contributed by atoms with van der Waals surface area (Å²) in [4.78, 5) is 47.0. The number of hydrogen-bond acceptors (Lipinski definition) is 8. The molecule has 34 heavy (non-hydrogen) atoms. The first-order chi connectivity index (χ1) is 16.2. The highest BCUT2D eigenvalue weighted by Gasteiger charge is 2.44. The summed E-state index contributed by atoms with van der Waals surface area (Å²) in [7, 11) is 0. The molecule has 1 spiro atoms. The summed E-state index contributed by atoms with van der Waals surface area (Å²) in [5, 5.41) is 9.35. The molecule has 0 unspecified atom stereocenters. The second-order valence-electron chi connectivity index (χ2n) is 7.38. The first-order valence-corrected chi connectivity index (χ1v) is 10.1. The van der Waals surface area contributed by atoms with Crippen molar-refractivity contribution in [1.82, 2.24) is 0 Å². The van der Waals surface area contributed by atoms with Crippen molar-refractivity contribution in [3.05, 3.63) is 83.5 Å². The molecule has 2 aromatic carbocycles. The summed E-state index contributed by atoms with van der Waals surface area (Å²) in [6.45, 7) is 2.51. The van der Waals surface area contributed by atoms with Gasteiger partial charge in [0.15, 0.2) is 5.60 Å². The van der Waals surface area contributed by atoms with Gasteiger partial charge in [-0.05, 0) is 42.5 Å². The van der Waals surface area contributed by atoms with Crippen molar-refractivity contribution in [3.8, 4) is 23.0 Å². The maximum atomic E-state index is 12.7. The zero-order chi connectivity index (χ0) is 24.5. The third-order valence-corrected chi connectivity index (χ3v) is 4.96. The summed E-state index contributed by atoms with van der Waals surface area (Å²) in [5.74, 6) is -2.25. The predicted molar refractivity (Wildman–Crippen MR) is 116 cm³/mol. The standard InChI is InChI=1S/C25H18O9/c1-14(26)31-17-6-8-19-21(12-17)33-22-13-18(32-15(2)27)7-9-20(22)25(19)11-3-4-16(24(29)30)5-10-23(28)34-25/h3-13H,1-2H3,(H,29,30). The first kappa shape index (κ1) is 22.5. The summed E-state index contributed by atoms with van der Waals surface area (Å²) >= 11 is 0. The molecule has 2 aliphatic rings. The van der Waals surface area contributed by atoms with Crippen LogP contribution in [-0.4, -0.2) is 29.0 Å². The first-order valence-electron chi connectivity index (χ1n) is 10.1. The van der Waals surface area contributed by atoms with Gasteiger partial charge in [-0.25, -0.2) is 9.59 Å². The molecule has 0 saturated carbocycles. The zero-order valence-corrected chi connectivity index (χ0v) is 18.1.